The molecule has 18 heavy (non-hydrogen) atoms. The quantitative estimate of drug-likeness (QED) is 0.658. The molecule has 4 atom stereocenters. The van der Waals surface area contributed by atoms with Crippen molar-refractivity contribution in [2.45, 2.75) is 60.3 Å². The molecule has 0 aromatic heterocycles. The second-order valence-corrected chi connectivity index (χ2v) is 7.68. The largest absolute Gasteiger partial charge is 0.307 e. The first-order chi connectivity index (χ1) is 8.22. The van der Waals surface area contributed by atoms with Gasteiger partial charge in [-0.3, -0.25) is 4.79 Å². The van der Waals surface area contributed by atoms with Gasteiger partial charge in [-0.15, -0.1) is 0 Å². The lowest BCUT2D eigenvalue weighted by molar-refractivity contribution is -0.152. The number of fused-ring (bicyclic) bond motifs is 1. The molecule has 0 aromatic rings. The Labute approximate surface area is 111 Å². The Balaban J connectivity index is 2.41. The van der Waals surface area contributed by atoms with Crippen LogP contribution < -0.4 is 0 Å². The molecule has 2 aliphatic carbocycles. The summed E-state index contributed by atoms with van der Waals surface area (Å²) in [5.41, 5.74) is -0.398. The van der Waals surface area contributed by atoms with Crippen molar-refractivity contribution in [3.8, 4) is 0 Å². The molecule has 104 valence electrons. The fourth-order valence-electron chi connectivity index (χ4n) is 4.66. The van der Waals surface area contributed by atoms with Crippen molar-refractivity contribution < 1.29 is 9.18 Å². The molecule has 3 unspecified atom stereocenters. The lowest BCUT2D eigenvalue weighted by Gasteiger charge is -2.51. The van der Waals surface area contributed by atoms with Crippen molar-refractivity contribution >= 4 is 6.04 Å². The topological polar surface area (TPSA) is 17.1 Å². The number of rotatable bonds is 2. The summed E-state index contributed by atoms with van der Waals surface area (Å²) >= 11 is 0. The summed E-state index contributed by atoms with van der Waals surface area (Å²) in [7, 11) is 0. The van der Waals surface area contributed by atoms with Crippen LogP contribution >= 0.6 is 0 Å². The summed E-state index contributed by atoms with van der Waals surface area (Å²) < 4.78 is 13.8. The minimum absolute atomic E-state index is 0.237. The zero-order valence-electron chi connectivity index (χ0n) is 12.4. The van der Waals surface area contributed by atoms with E-state index in [1.807, 2.05) is 0 Å². The van der Waals surface area contributed by atoms with Crippen LogP contribution in [0.1, 0.15) is 60.3 Å². The van der Waals surface area contributed by atoms with Gasteiger partial charge < -0.3 is 0 Å². The minimum Gasteiger partial charge on any atom is -0.261 e. The van der Waals surface area contributed by atoms with Gasteiger partial charge in [0.25, 0.3) is 0 Å². The van der Waals surface area contributed by atoms with E-state index >= 15 is 0 Å². The van der Waals surface area contributed by atoms with Crippen molar-refractivity contribution in [3.05, 3.63) is 0 Å². The predicted molar refractivity (Wildman–Crippen MR) is 71.8 cm³/mol. The molecule has 0 aliphatic heterocycles. The molecule has 0 N–H and O–H groups in total. The molecule has 0 aromatic carbocycles. The number of carbonyl (C=O) groups is 1. The molecule has 2 saturated carbocycles. The Kier molecular flexibility index (Phi) is 3.36. The molecule has 0 bridgehead atoms. The van der Waals surface area contributed by atoms with E-state index in [0.29, 0.717) is 17.8 Å². The van der Waals surface area contributed by atoms with Gasteiger partial charge in [0.05, 0.1) is 5.41 Å². The molecule has 1 nitrogen and oxygen atoms in total. The second kappa shape index (κ2) is 4.31. The number of hydrogen-bond donors (Lipinski definition) is 0. The van der Waals surface area contributed by atoms with Gasteiger partial charge >= 0.3 is 6.04 Å². The van der Waals surface area contributed by atoms with Gasteiger partial charge in [0.15, 0.2) is 0 Å². The zero-order chi connectivity index (χ0) is 13.7. The van der Waals surface area contributed by atoms with E-state index in [0.717, 1.165) is 25.7 Å². The standard InChI is InChI=1S/C16H27FO/c1-10(2)12-6-7-16(14(17)18)9-8-15(4,5)11(3)13(12)16/h10-13H,6-9H2,1-5H3/t11?,12-,13?,16?/m0/s1. The van der Waals surface area contributed by atoms with Gasteiger partial charge in [0.2, 0.25) is 0 Å². The third-order valence-corrected chi connectivity index (χ3v) is 6.26. The van der Waals surface area contributed by atoms with Gasteiger partial charge in [-0.25, -0.2) is 0 Å². The van der Waals surface area contributed by atoms with E-state index in [2.05, 4.69) is 34.6 Å². The van der Waals surface area contributed by atoms with Crippen molar-refractivity contribution in [3.63, 3.8) is 0 Å². The first kappa shape index (κ1) is 14.0. The van der Waals surface area contributed by atoms with Crippen molar-refractivity contribution in [1.29, 1.82) is 0 Å². The zero-order valence-corrected chi connectivity index (χ0v) is 12.4. The third-order valence-electron chi connectivity index (χ3n) is 6.26. The van der Waals surface area contributed by atoms with E-state index in [4.69, 9.17) is 0 Å². The van der Waals surface area contributed by atoms with Crippen LogP contribution in [0.15, 0.2) is 0 Å². The highest BCUT2D eigenvalue weighted by molar-refractivity contribution is 5.76. The second-order valence-electron chi connectivity index (χ2n) is 7.68. The van der Waals surface area contributed by atoms with Crippen molar-refractivity contribution in [1.82, 2.24) is 0 Å². The van der Waals surface area contributed by atoms with Crippen LogP contribution in [0.4, 0.5) is 4.39 Å². The SMILES string of the molecule is CC(C)[C@@H]1CCC2(C(=O)F)CCC(C)(C)C(C)C12. The van der Waals surface area contributed by atoms with Gasteiger partial charge in [0, 0.05) is 0 Å². The Morgan fingerprint density at radius 1 is 1.22 bits per heavy atom. The molecule has 0 amide bonds. The summed E-state index contributed by atoms with van der Waals surface area (Å²) in [6, 6.07) is -1.03. The van der Waals surface area contributed by atoms with E-state index in [1.165, 1.54) is 0 Å². The summed E-state index contributed by atoms with van der Waals surface area (Å²) in [6.45, 7) is 11.2. The van der Waals surface area contributed by atoms with E-state index in [1.54, 1.807) is 0 Å². The maximum Gasteiger partial charge on any atom is 0.307 e. The molecule has 0 spiro atoms. The van der Waals surface area contributed by atoms with Crippen LogP contribution in [0, 0.1) is 34.5 Å². The Hall–Kier alpha value is -0.400. The lowest BCUT2D eigenvalue weighted by Crippen LogP contribution is -2.48. The Morgan fingerprint density at radius 2 is 1.83 bits per heavy atom. The lowest BCUT2D eigenvalue weighted by atomic mass is 9.53. The van der Waals surface area contributed by atoms with Crippen LogP contribution in [0.5, 0.6) is 0 Å². The summed E-state index contributed by atoms with van der Waals surface area (Å²) in [5, 5.41) is 0. The summed E-state index contributed by atoms with van der Waals surface area (Å²) in [5.74, 6) is 1.74. The van der Waals surface area contributed by atoms with Crippen LogP contribution in [-0.4, -0.2) is 6.04 Å². The average molecular weight is 254 g/mol. The smallest absolute Gasteiger partial charge is 0.261 e. The summed E-state index contributed by atoms with van der Waals surface area (Å²) in [6.07, 6.45) is 3.54. The van der Waals surface area contributed by atoms with Crippen molar-refractivity contribution in [2.75, 3.05) is 0 Å². The van der Waals surface area contributed by atoms with Crippen LogP contribution in [-0.2, 0) is 4.79 Å². The maximum absolute atomic E-state index is 13.8. The van der Waals surface area contributed by atoms with Gasteiger partial charge in [-0.05, 0) is 54.8 Å². The molecular formula is C16H27FO. The number of hydrogen-bond acceptors (Lipinski definition) is 1. The van der Waals surface area contributed by atoms with Gasteiger partial charge in [0.1, 0.15) is 0 Å². The van der Waals surface area contributed by atoms with Gasteiger partial charge in [-0.1, -0.05) is 34.6 Å². The van der Waals surface area contributed by atoms with Crippen LogP contribution in [0.25, 0.3) is 0 Å². The maximum atomic E-state index is 13.8. The summed E-state index contributed by atoms with van der Waals surface area (Å²) in [4.78, 5) is 11.7. The van der Waals surface area contributed by atoms with E-state index in [-0.39, 0.29) is 11.3 Å². The highest BCUT2D eigenvalue weighted by Gasteiger charge is 2.60. The molecule has 2 aliphatic rings. The molecule has 0 heterocycles. The highest BCUT2D eigenvalue weighted by atomic mass is 19.1. The molecule has 2 heteroatoms. The molecule has 2 fully saturated rings. The predicted octanol–water partition coefficient (Wildman–Crippen LogP) is 4.61. The van der Waals surface area contributed by atoms with E-state index in [9.17, 15) is 9.18 Å². The Bertz CT molecular complexity index is 347. The van der Waals surface area contributed by atoms with E-state index < -0.39 is 11.5 Å². The number of carbonyl (C=O) groups excluding carboxylic acids is 1. The van der Waals surface area contributed by atoms with Gasteiger partial charge in [-0.2, -0.15) is 4.39 Å². The fourth-order valence-corrected chi connectivity index (χ4v) is 4.66. The van der Waals surface area contributed by atoms with Crippen molar-refractivity contribution in [2.24, 2.45) is 34.5 Å². The number of halogens is 1. The Morgan fingerprint density at radius 3 is 2.33 bits per heavy atom. The third kappa shape index (κ3) is 1.83. The molecule has 0 radical (unpaired) electrons. The van der Waals surface area contributed by atoms with Crippen LogP contribution in [0.3, 0.4) is 0 Å². The monoisotopic (exact) mass is 254 g/mol. The normalized spacial score (nSPS) is 42.9. The highest BCUT2D eigenvalue weighted by Crippen LogP contribution is 2.63. The molecular weight excluding hydrogens is 227 g/mol. The minimum atomic E-state index is -1.03. The average Bonchev–Trinajstić information content (AvgIpc) is 2.65. The fraction of sp³-hybridized carbons (Fsp3) is 0.938. The molecule has 0 saturated heterocycles. The first-order valence-corrected chi connectivity index (χ1v) is 7.42. The van der Waals surface area contributed by atoms with Crippen LogP contribution in [0.2, 0.25) is 0 Å². The molecule has 2 rings (SSSR count). The first-order valence-electron chi connectivity index (χ1n) is 7.42.